The summed E-state index contributed by atoms with van der Waals surface area (Å²) in [5.74, 6) is 0.255. The summed E-state index contributed by atoms with van der Waals surface area (Å²) in [6, 6.07) is 9.24. The monoisotopic (exact) mass is 448 g/mol. The van der Waals surface area contributed by atoms with E-state index >= 15 is 0 Å². The zero-order valence-electron chi connectivity index (χ0n) is 16.1. The van der Waals surface area contributed by atoms with Gasteiger partial charge in [-0.2, -0.15) is 0 Å². The molecule has 0 radical (unpaired) electrons. The average Bonchev–Trinajstić information content (AvgIpc) is 2.97. The van der Waals surface area contributed by atoms with Crippen LogP contribution in [0.25, 0.3) is 6.08 Å². The van der Waals surface area contributed by atoms with E-state index < -0.39 is 16.1 Å². The standard InChI is InChI=1S/C20H17ClN2O6S/c1-3-29-18-14(21)8-12(9-16(18)28-2)10-17-19(24)22(20(25)30-17)11-13-6-4-5-7-15(13)23(26)27/h4-10H,3,11H2,1-2H3/b17-10-. The van der Waals surface area contributed by atoms with Gasteiger partial charge in [0.15, 0.2) is 11.5 Å². The highest BCUT2D eigenvalue weighted by atomic mass is 35.5. The fourth-order valence-corrected chi connectivity index (χ4v) is 4.00. The molecule has 0 aliphatic carbocycles. The number of rotatable bonds is 7. The van der Waals surface area contributed by atoms with E-state index in [1.165, 1.54) is 31.4 Å². The van der Waals surface area contributed by atoms with Gasteiger partial charge < -0.3 is 9.47 Å². The van der Waals surface area contributed by atoms with Gasteiger partial charge in [0.2, 0.25) is 0 Å². The number of thioether (sulfide) groups is 1. The third kappa shape index (κ3) is 4.42. The maximum Gasteiger partial charge on any atom is 0.293 e. The molecule has 0 spiro atoms. The van der Waals surface area contributed by atoms with Crippen LogP contribution >= 0.6 is 23.4 Å². The number of halogens is 1. The summed E-state index contributed by atoms with van der Waals surface area (Å²) in [6.45, 7) is 2.03. The van der Waals surface area contributed by atoms with Crippen molar-refractivity contribution >= 4 is 46.3 Å². The van der Waals surface area contributed by atoms with Crippen molar-refractivity contribution < 1.29 is 24.0 Å². The Morgan fingerprint density at radius 2 is 2.00 bits per heavy atom. The summed E-state index contributed by atoms with van der Waals surface area (Å²) in [6.07, 6.45) is 1.52. The van der Waals surface area contributed by atoms with Crippen LogP contribution < -0.4 is 9.47 Å². The molecule has 0 saturated carbocycles. The lowest BCUT2D eigenvalue weighted by Crippen LogP contribution is -2.27. The van der Waals surface area contributed by atoms with Crippen molar-refractivity contribution in [1.29, 1.82) is 0 Å². The third-order valence-electron chi connectivity index (χ3n) is 4.23. The maximum atomic E-state index is 12.8. The van der Waals surface area contributed by atoms with E-state index in [4.69, 9.17) is 21.1 Å². The minimum absolute atomic E-state index is 0.149. The summed E-state index contributed by atoms with van der Waals surface area (Å²) < 4.78 is 10.8. The first kappa shape index (κ1) is 21.7. The van der Waals surface area contributed by atoms with E-state index in [9.17, 15) is 19.7 Å². The fourth-order valence-electron chi connectivity index (χ4n) is 2.89. The van der Waals surface area contributed by atoms with Gasteiger partial charge in [0.05, 0.1) is 35.1 Å². The van der Waals surface area contributed by atoms with Crippen molar-refractivity contribution in [2.75, 3.05) is 13.7 Å². The van der Waals surface area contributed by atoms with E-state index in [0.717, 1.165) is 16.7 Å². The number of hydrogen-bond acceptors (Lipinski definition) is 7. The number of hydrogen-bond donors (Lipinski definition) is 0. The Balaban J connectivity index is 1.89. The number of benzene rings is 2. The largest absolute Gasteiger partial charge is 0.493 e. The Labute approximate surface area is 181 Å². The van der Waals surface area contributed by atoms with Crippen molar-refractivity contribution in [3.05, 3.63) is 67.6 Å². The molecule has 3 rings (SSSR count). The minimum atomic E-state index is -0.543. The first-order valence-corrected chi connectivity index (χ1v) is 10.0. The van der Waals surface area contributed by atoms with Crippen molar-refractivity contribution in [1.82, 2.24) is 4.90 Å². The summed E-state index contributed by atoms with van der Waals surface area (Å²) in [4.78, 5) is 37.0. The molecule has 0 bridgehead atoms. The molecular weight excluding hydrogens is 432 g/mol. The minimum Gasteiger partial charge on any atom is -0.493 e. The van der Waals surface area contributed by atoms with Crippen LogP contribution in [0.1, 0.15) is 18.1 Å². The van der Waals surface area contributed by atoms with Crippen molar-refractivity contribution in [2.24, 2.45) is 0 Å². The molecule has 1 heterocycles. The molecule has 1 fully saturated rings. The molecule has 2 aromatic rings. The number of nitrogens with zero attached hydrogens (tertiary/aromatic N) is 2. The second-order valence-corrected chi connectivity index (χ2v) is 7.52. The lowest BCUT2D eigenvalue weighted by molar-refractivity contribution is -0.385. The Kier molecular flexibility index (Phi) is 6.63. The lowest BCUT2D eigenvalue weighted by atomic mass is 10.1. The number of nitro groups is 1. The number of ether oxygens (including phenoxy) is 2. The Bertz CT molecular complexity index is 1060. The molecule has 10 heteroatoms. The van der Waals surface area contributed by atoms with Gasteiger partial charge in [0.1, 0.15) is 0 Å². The van der Waals surface area contributed by atoms with Crippen LogP contribution in [-0.2, 0) is 11.3 Å². The van der Waals surface area contributed by atoms with Gasteiger partial charge in [-0.3, -0.25) is 24.6 Å². The second kappa shape index (κ2) is 9.19. The summed E-state index contributed by atoms with van der Waals surface area (Å²) in [5.41, 5.74) is 0.678. The molecule has 156 valence electrons. The van der Waals surface area contributed by atoms with E-state index in [2.05, 4.69) is 0 Å². The number of para-hydroxylation sites is 1. The Morgan fingerprint density at radius 1 is 1.27 bits per heavy atom. The van der Waals surface area contributed by atoms with E-state index in [1.807, 2.05) is 6.92 Å². The quantitative estimate of drug-likeness (QED) is 0.337. The summed E-state index contributed by atoms with van der Waals surface area (Å²) in [7, 11) is 1.47. The molecule has 0 unspecified atom stereocenters. The predicted molar refractivity (Wildman–Crippen MR) is 114 cm³/mol. The number of nitro benzene ring substituents is 1. The smallest absolute Gasteiger partial charge is 0.293 e. The van der Waals surface area contributed by atoms with E-state index in [1.54, 1.807) is 18.2 Å². The molecule has 0 atom stereocenters. The van der Waals surface area contributed by atoms with Crippen LogP contribution in [0, 0.1) is 10.1 Å². The average molecular weight is 449 g/mol. The SMILES string of the molecule is CCOc1c(Cl)cc(/C=C2\SC(=O)N(Cc3ccccc3[N+](=O)[O-])C2=O)cc1OC. The van der Waals surface area contributed by atoms with Gasteiger partial charge in [-0.05, 0) is 42.5 Å². The van der Waals surface area contributed by atoms with Crippen LogP contribution in [0.4, 0.5) is 10.5 Å². The van der Waals surface area contributed by atoms with Crippen LogP contribution in [0.2, 0.25) is 5.02 Å². The van der Waals surface area contributed by atoms with Gasteiger partial charge in [-0.15, -0.1) is 0 Å². The molecule has 1 aliphatic heterocycles. The molecule has 2 aromatic carbocycles. The van der Waals surface area contributed by atoms with Gasteiger partial charge in [0, 0.05) is 11.6 Å². The molecule has 0 aromatic heterocycles. The van der Waals surface area contributed by atoms with Crippen LogP contribution in [0.15, 0.2) is 41.3 Å². The van der Waals surface area contributed by atoms with Crippen LogP contribution in [0.3, 0.4) is 0 Å². The zero-order valence-corrected chi connectivity index (χ0v) is 17.7. The zero-order chi connectivity index (χ0) is 21.8. The van der Waals surface area contributed by atoms with Crippen molar-refractivity contribution in [3.63, 3.8) is 0 Å². The molecule has 30 heavy (non-hydrogen) atoms. The highest BCUT2D eigenvalue weighted by Gasteiger charge is 2.36. The van der Waals surface area contributed by atoms with Gasteiger partial charge in [-0.1, -0.05) is 29.8 Å². The topological polar surface area (TPSA) is 99.0 Å². The van der Waals surface area contributed by atoms with Gasteiger partial charge in [-0.25, -0.2) is 0 Å². The van der Waals surface area contributed by atoms with Crippen LogP contribution in [-0.4, -0.2) is 34.7 Å². The summed E-state index contributed by atoms with van der Waals surface area (Å²) in [5, 5.41) is 11.0. The third-order valence-corrected chi connectivity index (χ3v) is 5.42. The van der Waals surface area contributed by atoms with E-state index in [0.29, 0.717) is 28.7 Å². The molecule has 0 N–H and O–H groups in total. The number of amides is 2. The van der Waals surface area contributed by atoms with E-state index in [-0.39, 0.29) is 22.7 Å². The predicted octanol–water partition coefficient (Wildman–Crippen LogP) is 4.89. The highest BCUT2D eigenvalue weighted by molar-refractivity contribution is 8.18. The molecule has 8 nitrogen and oxygen atoms in total. The number of methoxy groups -OCH3 is 1. The van der Waals surface area contributed by atoms with Gasteiger partial charge in [0.25, 0.3) is 16.8 Å². The first-order chi connectivity index (χ1) is 14.3. The van der Waals surface area contributed by atoms with Gasteiger partial charge >= 0.3 is 0 Å². The van der Waals surface area contributed by atoms with Crippen molar-refractivity contribution in [2.45, 2.75) is 13.5 Å². The number of carbonyl (C=O) groups is 2. The highest BCUT2D eigenvalue weighted by Crippen LogP contribution is 2.39. The normalized spacial score (nSPS) is 15.0. The Hall–Kier alpha value is -3.04. The molecule has 2 amide bonds. The molecule has 1 saturated heterocycles. The number of imide groups is 1. The van der Waals surface area contributed by atoms with Crippen molar-refractivity contribution in [3.8, 4) is 11.5 Å². The fraction of sp³-hybridized carbons (Fsp3) is 0.200. The molecular formula is C20H17ClN2O6S. The summed E-state index contributed by atoms with van der Waals surface area (Å²) >= 11 is 7.02. The second-order valence-electron chi connectivity index (χ2n) is 6.12. The Morgan fingerprint density at radius 3 is 2.67 bits per heavy atom. The molecule has 1 aliphatic rings. The lowest BCUT2D eigenvalue weighted by Gasteiger charge is -2.13. The van der Waals surface area contributed by atoms with Crippen LogP contribution in [0.5, 0.6) is 11.5 Å². The number of carbonyl (C=O) groups excluding carboxylic acids is 2. The maximum absolute atomic E-state index is 12.8. The first-order valence-electron chi connectivity index (χ1n) is 8.83.